The Morgan fingerprint density at radius 2 is 1.58 bits per heavy atom. The van der Waals surface area contributed by atoms with Gasteiger partial charge in [-0.05, 0) is 18.6 Å². The zero-order valence-electron chi connectivity index (χ0n) is 9.13. The molecule has 3 nitrogen and oxygen atoms in total. The van der Waals surface area contributed by atoms with E-state index in [1.807, 2.05) is 0 Å². The van der Waals surface area contributed by atoms with Gasteiger partial charge in [0.05, 0.1) is 0 Å². The molecule has 0 saturated carbocycles. The summed E-state index contributed by atoms with van der Waals surface area (Å²) in [6.07, 6.45) is -5.04. The zero-order chi connectivity index (χ0) is 15.1. The molecule has 0 atom stereocenters. The molecular formula is C9H6F6O3S. The summed E-state index contributed by atoms with van der Waals surface area (Å²) in [7, 11) is -6.15. The van der Waals surface area contributed by atoms with E-state index in [-0.39, 0.29) is 0 Å². The van der Waals surface area contributed by atoms with Crippen LogP contribution < -0.4 is 4.18 Å². The lowest BCUT2D eigenvalue weighted by Gasteiger charge is -2.16. The first-order valence-electron chi connectivity index (χ1n) is 4.54. The highest BCUT2D eigenvalue weighted by Gasteiger charge is 2.49. The fourth-order valence-corrected chi connectivity index (χ4v) is 1.71. The lowest BCUT2D eigenvalue weighted by atomic mass is 10.1. The van der Waals surface area contributed by atoms with Crippen LogP contribution in [0.1, 0.15) is 11.1 Å². The van der Waals surface area contributed by atoms with Crippen molar-refractivity contribution in [2.45, 2.75) is 18.6 Å². The molecule has 0 aliphatic heterocycles. The normalized spacial score (nSPS) is 13.4. The molecule has 0 heterocycles. The molecule has 0 amide bonds. The van der Waals surface area contributed by atoms with E-state index in [0.717, 1.165) is 19.1 Å². The number of hydrogen-bond acceptors (Lipinski definition) is 3. The van der Waals surface area contributed by atoms with Gasteiger partial charge in [0.1, 0.15) is 5.56 Å². The molecule has 1 aromatic rings. The van der Waals surface area contributed by atoms with Gasteiger partial charge < -0.3 is 4.18 Å². The van der Waals surface area contributed by atoms with E-state index in [4.69, 9.17) is 0 Å². The van der Waals surface area contributed by atoms with Gasteiger partial charge >= 0.3 is 21.8 Å². The van der Waals surface area contributed by atoms with Gasteiger partial charge in [-0.2, -0.15) is 34.8 Å². The van der Waals surface area contributed by atoms with Crippen LogP contribution in [0.4, 0.5) is 26.3 Å². The standard InChI is InChI=1S/C9H6F6O3S/c1-5-3-2-4-6(7(5)8(10,11)12)18-19(16,17)9(13,14)15/h2-4H,1H3. The Morgan fingerprint density at radius 1 is 1.05 bits per heavy atom. The minimum Gasteiger partial charge on any atom is -0.375 e. The monoisotopic (exact) mass is 308 g/mol. The molecule has 0 fully saturated rings. The zero-order valence-corrected chi connectivity index (χ0v) is 9.95. The smallest absolute Gasteiger partial charge is 0.375 e. The van der Waals surface area contributed by atoms with Gasteiger partial charge in [-0.3, -0.25) is 0 Å². The Labute approximate surface area is 103 Å². The van der Waals surface area contributed by atoms with Gasteiger partial charge in [0.25, 0.3) is 0 Å². The molecule has 108 valence electrons. The van der Waals surface area contributed by atoms with E-state index in [1.54, 1.807) is 0 Å². The van der Waals surface area contributed by atoms with Gasteiger partial charge in [-0.25, -0.2) is 0 Å². The van der Waals surface area contributed by atoms with Crippen molar-refractivity contribution in [3.8, 4) is 5.75 Å². The maximum atomic E-state index is 12.6. The predicted molar refractivity (Wildman–Crippen MR) is 51.8 cm³/mol. The number of aryl methyl sites for hydroxylation is 1. The van der Waals surface area contributed by atoms with E-state index < -0.39 is 38.7 Å². The lowest BCUT2D eigenvalue weighted by Crippen LogP contribution is -2.29. The summed E-state index contributed by atoms with van der Waals surface area (Å²) in [5, 5.41) is 0. The third-order valence-electron chi connectivity index (χ3n) is 2.00. The summed E-state index contributed by atoms with van der Waals surface area (Å²) in [6.45, 7) is 0.968. The molecular weight excluding hydrogens is 302 g/mol. The Bertz CT molecular complexity index is 573. The van der Waals surface area contributed by atoms with Crippen LogP contribution in [-0.2, 0) is 16.3 Å². The van der Waals surface area contributed by atoms with Crippen molar-refractivity contribution in [2.24, 2.45) is 0 Å². The first-order chi connectivity index (χ1) is 8.36. The molecule has 19 heavy (non-hydrogen) atoms. The van der Waals surface area contributed by atoms with Gasteiger partial charge in [0.15, 0.2) is 5.75 Å². The van der Waals surface area contributed by atoms with E-state index in [1.165, 1.54) is 0 Å². The van der Waals surface area contributed by atoms with Crippen molar-refractivity contribution in [3.05, 3.63) is 29.3 Å². The fourth-order valence-electron chi connectivity index (χ4n) is 1.24. The molecule has 0 bridgehead atoms. The van der Waals surface area contributed by atoms with Crippen LogP contribution in [0.5, 0.6) is 5.75 Å². The summed E-state index contributed by atoms with van der Waals surface area (Å²) in [5.74, 6) is -1.41. The third kappa shape index (κ3) is 3.31. The average molecular weight is 308 g/mol. The summed E-state index contributed by atoms with van der Waals surface area (Å²) in [5.41, 5.74) is -7.83. The Balaban J connectivity index is 3.36. The Morgan fingerprint density at radius 3 is 2.00 bits per heavy atom. The maximum absolute atomic E-state index is 12.6. The molecule has 0 radical (unpaired) electrons. The molecule has 1 aromatic carbocycles. The van der Waals surface area contributed by atoms with E-state index >= 15 is 0 Å². The number of benzene rings is 1. The minimum atomic E-state index is -6.15. The summed E-state index contributed by atoms with van der Waals surface area (Å²) in [4.78, 5) is 0. The van der Waals surface area contributed by atoms with Crippen LogP contribution in [0.25, 0.3) is 0 Å². The second kappa shape index (κ2) is 4.58. The van der Waals surface area contributed by atoms with Crippen molar-refractivity contribution in [1.29, 1.82) is 0 Å². The second-order valence-corrected chi connectivity index (χ2v) is 4.97. The molecule has 0 aliphatic rings. The molecule has 0 saturated heterocycles. The predicted octanol–water partition coefficient (Wildman–Crippen LogP) is 3.24. The van der Waals surface area contributed by atoms with Crippen molar-refractivity contribution in [3.63, 3.8) is 0 Å². The third-order valence-corrected chi connectivity index (χ3v) is 2.97. The fraction of sp³-hybridized carbons (Fsp3) is 0.333. The van der Waals surface area contributed by atoms with E-state index in [9.17, 15) is 34.8 Å². The second-order valence-electron chi connectivity index (χ2n) is 3.43. The van der Waals surface area contributed by atoms with Gasteiger partial charge in [0.2, 0.25) is 0 Å². The molecule has 0 N–H and O–H groups in total. The van der Waals surface area contributed by atoms with Crippen molar-refractivity contribution in [2.75, 3.05) is 0 Å². The largest absolute Gasteiger partial charge is 0.534 e. The topological polar surface area (TPSA) is 43.4 Å². The average Bonchev–Trinajstić information content (AvgIpc) is 2.12. The SMILES string of the molecule is Cc1cccc(OS(=O)(=O)C(F)(F)F)c1C(F)(F)F. The number of hydrogen-bond donors (Lipinski definition) is 0. The van der Waals surface area contributed by atoms with E-state index in [0.29, 0.717) is 6.07 Å². The van der Waals surface area contributed by atoms with Crippen molar-refractivity contribution < 1.29 is 38.9 Å². The van der Waals surface area contributed by atoms with Crippen LogP contribution in [-0.4, -0.2) is 13.9 Å². The molecule has 10 heteroatoms. The van der Waals surface area contributed by atoms with Gasteiger partial charge in [0, 0.05) is 0 Å². The van der Waals surface area contributed by atoms with Crippen molar-refractivity contribution >= 4 is 10.1 Å². The maximum Gasteiger partial charge on any atom is 0.534 e. The van der Waals surface area contributed by atoms with Crippen LogP contribution >= 0.6 is 0 Å². The van der Waals surface area contributed by atoms with Crippen LogP contribution in [0, 0.1) is 6.92 Å². The quantitative estimate of drug-likeness (QED) is 0.478. The van der Waals surface area contributed by atoms with E-state index in [2.05, 4.69) is 4.18 Å². The highest BCUT2D eigenvalue weighted by Crippen LogP contribution is 2.40. The van der Waals surface area contributed by atoms with Crippen molar-refractivity contribution in [1.82, 2.24) is 0 Å². The summed E-state index contributed by atoms with van der Waals surface area (Å²) >= 11 is 0. The number of alkyl halides is 6. The van der Waals surface area contributed by atoms with Crippen LogP contribution in [0.2, 0.25) is 0 Å². The van der Waals surface area contributed by atoms with Gasteiger partial charge in [-0.1, -0.05) is 12.1 Å². The Kier molecular flexibility index (Phi) is 3.76. The molecule has 0 unspecified atom stereocenters. The molecule has 0 aliphatic carbocycles. The number of rotatable bonds is 2. The highest BCUT2D eigenvalue weighted by atomic mass is 32.2. The number of halogens is 6. The lowest BCUT2D eigenvalue weighted by molar-refractivity contribution is -0.138. The highest BCUT2D eigenvalue weighted by molar-refractivity contribution is 7.88. The molecule has 1 rings (SSSR count). The van der Waals surface area contributed by atoms with Gasteiger partial charge in [-0.15, -0.1) is 0 Å². The summed E-state index contributed by atoms with van der Waals surface area (Å²) in [6, 6.07) is 2.42. The summed E-state index contributed by atoms with van der Waals surface area (Å²) < 4.78 is 99.0. The minimum absolute atomic E-state index is 0.456. The Hall–Kier alpha value is -1.45. The molecule has 0 spiro atoms. The first kappa shape index (κ1) is 15.6. The van der Waals surface area contributed by atoms with Crippen LogP contribution in [0.15, 0.2) is 18.2 Å². The first-order valence-corrected chi connectivity index (χ1v) is 5.94. The molecule has 0 aromatic heterocycles. The van der Waals surface area contributed by atoms with Crippen LogP contribution in [0.3, 0.4) is 0 Å².